The SMILES string of the molecule is c1ccc(-c2nc(-c3ccc(-c4ccc(-c5cc6c7ccccc7c7ccccc7c6c6ccccc56)cc4)cc3)nc(-c3cccc4c3sc3ccccc34)n2)cc1. The summed E-state index contributed by atoms with van der Waals surface area (Å²) in [7, 11) is 0. The Bertz CT molecular complexity index is 3590. The molecule has 0 saturated heterocycles. The van der Waals surface area contributed by atoms with E-state index in [0.717, 1.165) is 27.8 Å². The van der Waals surface area contributed by atoms with Gasteiger partial charge in [-0.15, -0.1) is 11.3 Å². The van der Waals surface area contributed by atoms with Crippen LogP contribution in [0, 0.1) is 0 Å². The average molecular weight is 768 g/mol. The van der Waals surface area contributed by atoms with Crippen LogP contribution in [0.15, 0.2) is 200 Å². The van der Waals surface area contributed by atoms with Crippen LogP contribution in [0.2, 0.25) is 0 Å². The van der Waals surface area contributed by atoms with Gasteiger partial charge in [0.2, 0.25) is 0 Å². The van der Waals surface area contributed by atoms with Crippen LogP contribution in [0.3, 0.4) is 0 Å². The zero-order valence-electron chi connectivity index (χ0n) is 31.8. The molecule has 12 rings (SSSR count). The van der Waals surface area contributed by atoms with Gasteiger partial charge in [0.15, 0.2) is 17.5 Å². The molecule has 2 aromatic heterocycles. The van der Waals surface area contributed by atoms with Gasteiger partial charge in [-0.25, -0.2) is 15.0 Å². The zero-order valence-corrected chi connectivity index (χ0v) is 32.6. The van der Waals surface area contributed by atoms with E-state index in [2.05, 4.69) is 182 Å². The Balaban J connectivity index is 0.936. The standard InChI is InChI=1S/C55H33N3S/c1-2-13-37(14-3-1)53-56-54(58-55(57-53)47-23-12-22-46-43-19-10-11-24-50(43)59-52(46)47)38-31-27-35(28-32-38)34-25-29-36(30-26-34)48-33-49-41-17-5-4-15-39(41)40-16-6-8-20-44(40)51(49)45-21-9-7-18-42(45)48/h1-33H. The second-order valence-corrected chi connectivity index (χ2v) is 16.1. The first-order chi connectivity index (χ1) is 29.2. The molecule has 0 atom stereocenters. The average Bonchev–Trinajstić information content (AvgIpc) is 3.71. The van der Waals surface area contributed by atoms with Crippen molar-refractivity contribution in [2.75, 3.05) is 0 Å². The van der Waals surface area contributed by atoms with Crippen molar-refractivity contribution in [2.24, 2.45) is 0 Å². The summed E-state index contributed by atoms with van der Waals surface area (Å²) in [4.78, 5) is 15.2. The molecule has 4 heteroatoms. The van der Waals surface area contributed by atoms with E-state index in [-0.39, 0.29) is 0 Å². The normalized spacial score (nSPS) is 11.7. The summed E-state index contributed by atoms with van der Waals surface area (Å²) in [6, 6.07) is 71.7. The highest BCUT2D eigenvalue weighted by atomic mass is 32.1. The Morgan fingerprint density at radius 3 is 1.41 bits per heavy atom. The molecule has 0 aliphatic rings. The molecule has 0 amide bonds. The van der Waals surface area contributed by atoms with Crippen LogP contribution in [0.1, 0.15) is 0 Å². The summed E-state index contributed by atoms with van der Waals surface area (Å²) < 4.78 is 2.44. The molecule has 59 heavy (non-hydrogen) atoms. The van der Waals surface area contributed by atoms with Crippen LogP contribution < -0.4 is 0 Å². The van der Waals surface area contributed by atoms with E-state index in [1.54, 1.807) is 11.3 Å². The third kappa shape index (κ3) is 5.53. The quantitative estimate of drug-likeness (QED) is 0.164. The van der Waals surface area contributed by atoms with Gasteiger partial charge in [0.1, 0.15) is 0 Å². The lowest BCUT2D eigenvalue weighted by Crippen LogP contribution is -2.00. The van der Waals surface area contributed by atoms with Crippen molar-refractivity contribution in [3.8, 4) is 56.4 Å². The van der Waals surface area contributed by atoms with Crippen LogP contribution in [0.25, 0.3) is 120 Å². The summed E-state index contributed by atoms with van der Waals surface area (Å²) in [6.45, 7) is 0. The minimum absolute atomic E-state index is 0.650. The fraction of sp³-hybridized carbons (Fsp3) is 0. The van der Waals surface area contributed by atoms with Crippen molar-refractivity contribution in [3.05, 3.63) is 200 Å². The van der Waals surface area contributed by atoms with Crippen LogP contribution in [-0.4, -0.2) is 15.0 Å². The Labute approximate surface area is 344 Å². The predicted molar refractivity (Wildman–Crippen MR) is 250 cm³/mol. The van der Waals surface area contributed by atoms with E-state index in [1.165, 1.54) is 74.4 Å². The Kier molecular flexibility index (Phi) is 7.72. The van der Waals surface area contributed by atoms with E-state index in [9.17, 15) is 0 Å². The smallest absolute Gasteiger partial charge is 0.165 e. The highest BCUT2D eigenvalue weighted by Crippen LogP contribution is 2.43. The van der Waals surface area contributed by atoms with Gasteiger partial charge in [0.25, 0.3) is 0 Å². The summed E-state index contributed by atoms with van der Waals surface area (Å²) in [5, 5.41) is 12.8. The predicted octanol–water partition coefficient (Wildman–Crippen LogP) is 15.2. The lowest BCUT2D eigenvalue weighted by Gasteiger charge is -2.16. The van der Waals surface area contributed by atoms with Crippen molar-refractivity contribution in [3.63, 3.8) is 0 Å². The van der Waals surface area contributed by atoms with E-state index in [0.29, 0.717) is 17.5 Å². The molecule has 3 nitrogen and oxygen atoms in total. The fourth-order valence-electron chi connectivity index (χ4n) is 8.92. The number of fused-ring (bicyclic) bond motifs is 11. The van der Waals surface area contributed by atoms with Crippen molar-refractivity contribution < 1.29 is 0 Å². The molecule has 12 aromatic rings. The zero-order chi connectivity index (χ0) is 38.9. The van der Waals surface area contributed by atoms with Gasteiger partial charge in [0.05, 0.1) is 0 Å². The highest BCUT2D eigenvalue weighted by molar-refractivity contribution is 7.26. The monoisotopic (exact) mass is 767 g/mol. The van der Waals surface area contributed by atoms with Gasteiger partial charge >= 0.3 is 0 Å². The second kappa shape index (κ2) is 13.6. The van der Waals surface area contributed by atoms with Gasteiger partial charge in [-0.05, 0) is 83.5 Å². The molecule has 0 bridgehead atoms. The topological polar surface area (TPSA) is 38.7 Å². The molecule has 0 radical (unpaired) electrons. The molecule has 274 valence electrons. The summed E-state index contributed by atoms with van der Waals surface area (Å²) in [5.74, 6) is 1.98. The Morgan fingerprint density at radius 2 is 0.729 bits per heavy atom. The van der Waals surface area contributed by atoms with Crippen molar-refractivity contribution in [1.82, 2.24) is 15.0 Å². The third-order valence-electron chi connectivity index (χ3n) is 11.7. The van der Waals surface area contributed by atoms with Crippen molar-refractivity contribution in [2.45, 2.75) is 0 Å². The molecule has 0 aliphatic heterocycles. The minimum atomic E-state index is 0.650. The maximum atomic E-state index is 5.13. The lowest BCUT2D eigenvalue weighted by molar-refractivity contribution is 1.08. The minimum Gasteiger partial charge on any atom is -0.208 e. The Hall–Kier alpha value is -7.53. The van der Waals surface area contributed by atoms with E-state index in [1.807, 2.05) is 18.2 Å². The first-order valence-electron chi connectivity index (χ1n) is 19.9. The highest BCUT2D eigenvalue weighted by Gasteiger charge is 2.18. The fourth-order valence-corrected chi connectivity index (χ4v) is 10.1. The number of hydrogen-bond acceptors (Lipinski definition) is 4. The number of thiophene rings is 1. The molecular formula is C55H33N3S. The first kappa shape index (κ1) is 33.6. The van der Waals surface area contributed by atoms with Crippen LogP contribution in [0.4, 0.5) is 0 Å². The van der Waals surface area contributed by atoms with Gasteiger partial charge in [-0.2, -0.15) is 0 Å². The molecule has 2 heterocycles. The van der Waals surface area contributed by atoms with E-state index >= 15 is 0 Å². The third-order valence-corrected chi connectivity index (χ3v) is 13.0. The number of aromatic nitrogens is 3. The molecule has 0 saturated carbocycles. The molecule has 0 aliphatic carbocycles. The van der Waals surface area contributed by atoms with E-state index in [4.69, 9.17) is 15.0 Å². The maximum Gasteiger partial charge on any atom is 0.165 e. The van der Waals surface area contributed by atoms with Gasteiger partial charge in [-0.3, -0.25) is 0 Å². The van der Waals surface area contributed by atoms with Crippen LogP contribution in [-0.2, 0) is 0 Å². The first-order valence-corrected chi connectivity index (χ1v) is 20.8. The molecule has 0 N–H and O–H groups in total. The number of nitrogens with zero attached hydrogens (tertiary/aromatic N) is 3. The largest absolute Gasteiger partial charge is 0.208 e. The lowest BCUT2D eigenvalue weighted by atomic mass is 9.87. The molecule has 0 unspecified atom stereocenters. The summed E-state index contributed by atoms with van der Waals surface area (Å²) in [5.41, 5.74) is 7.63. The number of hydrogen-bond donors (Lipinski definition) is 0. The van der Waals surface area contributed by atoms with Crippen LogP contribution >= 0.6 is 11.3 Å². The Morgan fingerprint density at radius 1 is 0.271 bits per heavy atom. The summed E-state index contributed by atoms with van der Waals surface area (Å²) in [6.07, 6.45) is 0. The van der Waals surface area contributed by atoms with Crippen molar-refractivity contribution in [1.29, 1.82) is 0 Å². The van der Waals surface area contributed by atoms with Gasteiger partial charge in [0, 0.05) is 36.9 Å². The molecule has 10 aromatic carbocycles. The van der Waals surface area contributed by atoms with Crippen molar-refractivity contribution >= 4 is 74.6 Å². The molecule has 0 spiro atoms. The number of rotatable bonds is 5. The second-order valence-electron chi connectivity index (χ2n) is 15.1. The molecule has 0 fully saturated rings. The van der Waals surface area contributed by atoms with Gasteiger partial charge in [-0.1, -0.05) is 182 Å². The van der Waals surface area contributed by atoms with E-state index < -0.39 is 0 Å². The molecular weight excluding hydrogens is 735 g/mol. The van der Waals surface area contributed by atoms with Gasteiger partial charge < -0.3 is 0 Å². The van der Waals surface area contributed by atoms with Crippen LogP contribution in [0.5, 0.6) is 0 Å². The summed E-state index contributed by atoms with van der Waals surface area (Å²) >= 11 is 1.79. The maximum absolute atomic E-state index is 5.13. The number of benzene rings is 10.